The molecule has 1 saturated heterocycles. The molecular weight excluding hydrogens is 342 g/mol. The number of hydrogen-bond donors (Lipinski definition) is 0. The van der Waals surface area contributed by atoms with Crippen LogP contribution >= 0.6 is 0 Å². The van der Waals surface area contributed by atoms with Gasteiger partial charge in [0.2, 0.25) is 5.75 Å². The van der Waals surface area contributed by atoms with E-state index in [-0.39, 0.29) is 11.3 Å². The summed E-state index contributed by atoms with van der Waals surface area (Å²) in [6.45, 7) is 3.46. The Bertz CT molecular complexity index is 1180. The van der Waals surface area contributed by atoms with E-state index < -0.39 is 0 Å². The minimum atomic E-state index is -0.194. The second-order valence-electron chi connectivity index (χ2n) is 6.97. The third-order valence-corrected chi connectivity index (χ3v) is 5.46. The number of likely N-dealkylation sites (tertiary alicyclic amines) is 1. The van der Waals surface area contributed by atoms with Gasteiger partial charge in [0.1, 0.15) is 12.1 Å². The Morgan fingerprint density at radius 3 is 2.70 bits per heavy atom. The molecule has 0 aliphatic carbocycles. The maximum Gasteiger partial charge on any atom is 0.302 e. The van der Waals surface area contributed by atoms with E-state index in [4.69, 9.17) is 9.47 Å². The molecule has 1 fully saturated rings. The Hall–Kier alpha value is -2.86. The van der Waals surface area contributed by atoms with Crippen LogP contribution in [0.3, 0.4) is 0 Å². The summed E-state index contributed by atoms with van der Waals surface area (Å²) < 4.78 is 13.3. The SMILES string of the molecule is COc1c(OCCN2CCCC2)c(=O)n2c3ccccc3c3ccnc1c32. The molecule has 6 nitrogen and oxygen atoms in total. The van der Waals surface area contributed by atoms with Crippen LogP contribution in [-0.2, 0) is 0 Å². The van der Waals surface area contributed by atoms with Crippen molar-refractivity contribution in [2.45, 2.75) is 12.8 Å². The first-order chi connectivity index (χ1) is 13.3. The second kappa shape index (κ2) is 6.39. The number of pyridine rings is 2. The predicted molar refractivity (Wildman–Crippen MR) is 105 cm³/mol. The number of nitrogens with zero attached hydrogens (tertiary/aromatic N) is 3. The van der Waals surface area contributed by atoms with Crippen LogP contribution in [0.4, 0.5) is 0 Å². The van der Waals surface area contributed by atoms with Gasteiger partial charge in [-0.2, -0.15) is 0 Å². The normalized spacial score (nSPS) is 15.3. The largest absolute Gasteiger partial charge is 0.491 e. The number of aromatic nitrogens is 2. The Balaban J connectivity index is 1.69. The van der Waals surface area contributed by atoms with Gasteiger partial charge in [-0.15, -0.1) is 0 Å². The van der Waals surface area contributed by atoms with Crippen molar-refractivity contribution in [3.63, 3.8) is 0 Å². The first-order valence-corrected chi connectivity index (χ1v) is 9.36. The van der Waals surface area contributed by atoms with E-state index in [2.05, 4.69) is 9.88 Å². The van der Waals surface area contributed by atoms with E-state index >= 15 is 0 Å². The number of para-hydroxylation sites is 1. The van der Waals surface area contributed by atoms with Crippen LogP contribution in [0.2, 0.25) is 0 Å². The van der Waals surface area contributed by atoms with Crippen molar-refractivity contribution >= 4 is 27.3 Å². The molecule has 1 aromatic carbocycles. The first kappa shape index (κ1) is 16.3. The predicted octanol–water partition coefficient (Wildman–Crippen LogP) is 2.92. The van der Waals surface area contributed by atoms with Gasteiger partial charge in [0.05, 0.1) is 18.1 Å². The number of ether oxygens (including phenoxy) is 2. The van der Waals surface area contributed by atoms with Crippen LogP contribution in [0.5, 0.6) is 11.5 Å². The Morgan fingerprint density at radius 1 is 1.07 bits per heavy atom. The molecule has 0 radical (unpaired) electrons. The molecule has 5 rings (SSSR count). The molecule has 0 atom stereocenters. The zero-order valence-electron chi connectivity index (χ0n) is 15.3. The lowest BCUT2D eigenvalue weighted by molar-refractivity contribution is 0.228. The van der Waals surface area contributed by atoms with Crippen molar-refractivity contribution in [2.24, 2.45) is 0 Å². The summed E-state index contributed by atoms with van der Waals surface area (Å²) in [5.74, 6) is 0.660. The summed E-state index contributed by atoms with van der Waals surface area (Å²) >= 11 is 0. The molecule has 0 saturated carbocycles. The van der Waals surface area contributed by atoms with Crippen LogP contribution in [0.25, 0.3) is 27.3 Å². The average molecular weight is 363 g/mol. The van der Waals surface area contributed by atoms with Crippen LogP contribution in [0, 0.1) is 0 Å². The summed E-state index contributed by atoms with van der Waals surface area (Å²) in [5, 5.41) is 2.02. The molecule has 4 heterocycles. The lowest BCUT2D eigenvalue weighted by Gasteiger charge is -2.16. The molecule has 0 unspecified atom stereocenters. The van der Waals surface area contributed by atoms with Crippen molar-refractivity contribution in [1.82, 2.24) is 14.3 Å². The van der Waals surface area contributed by atoms with E-state index in [1.165, 1.54) is 12.8 Å². The van der Waals surface area contributed by atoms with Gasteiger partial charge in [-0.1, -0.05) is 18.2 Å². The monoisotopic (exact) mass is 363 g/mol. The van der Waals surface area contributed by atoms with E-state index in [0.717, 1.165) is 41.4 Å². The summed E-state index contributed by atoms with van der Waals surface area (Å²) in [5.41, 5.74) is 2.11. The Morgan fingerprint density at radius 2 is 1.89 bits per heavy atom. The number of benzene rings is 1. The molecule has 0 spiro atoms. The van der Waals surface area contributed by atoms with Crippen LogP contribution in [-0.4, -0.2) is 47.6 Å². The third-order valence-electron chi connectivity index (χ3n) is 5.46. The maximum atomic E-state index is 13.3. The van der Waals surface area contributed by atoms with Crippen molar-refractivity contribution in [3.05, 3.63) is 46.9 Å². The van der Waals surface area contributed by atoms with Gasteiger partial charge in [0.15, 0.2) is 5.75 Å². The van der Waals surface area contributed by atoms with Gasteiger partial charge < -0.3 is 9.47 Å². The van der Waals surface area contributed by atoms with Crippen LogP contribution in [0.1, 0.15) is 12.8 Å². The molecule has 27 heavy (non-hydrogen) atoms. The molecule has 1 aliphatic heterocycles. The topological polar surface area (TPSA) is 56.1 Å². The highest BCUT2D eigenvalue weighted by molar-refractivity contribution is 6.14. The van der Waals surface area contributed by atoms with Gasteiger partial charge in [-0.3, -0.25) is 19.1 Å². The van der Waals surface area contributed by atoms with Gasteiger partial charge in [-0.05, 0) is 38.1 Å². The van der Waals surface area contributed by atoms with Gasteiger partial charge in [-0.25, -0.2) is 0 Å². The highest BCUT2D eigenvalue weighted by Gasteiger charge is 2.23. The smallest absolute Gasteiger partial charge is 0.302 e. The van der Waals surface area contributed by atoms with Crippen LogP contribution < -0.4 is 15.0 Å². The number of fused-ring (bicyclic) bond motifs is 3. The summed E-state index contributed by atoms with van der Waals surface area (Å²) in [7, 11) is 1.56. The molecule has 6 heteroatoms. The van der Waals surface area contributed by atoms with E-state index in [9.17, 15) is 4.79 Å². The van der Waals surface area contributed by atoms with Gasteiger partial charge in [0.25, 0.3) is 0 Å². The highest BCUT2D eigenvalue weighted by Crippen LogP contribution is 2.37. The molecular formula is C21H21N3O3. The Kier molecular flexibility index (Phi) is 3.86. The van der Waals surface area contributed by atoms with E-state index in [0.29, 0.717) is 17.9 Å². The second-order valence-corrected chi connectivity index (χ2v) is 6.97. The van der Waals surface area contributed by atoms with E-state index in [1.807, 2.05) is 30.3 Å². The van der Waals surface area contributed by atoms with Crippen LogP contribution in [0.15, 0.2) is 41.3 Å². The van der Waals surface area contributed by atoms with Crippen molar-refractivity contribution in [2.75, 3.05) is 33.4 Å². The van der Waals surface area contributed by atoms with Crippen molar-refractivity contribution in [3.8, 4) is 11.5 Å². The fraction of sp³-hybridized carbons (Fsp3) is 0.333. The number of hydrogen-bond acceptors (Lipinski definition) is 5. The molecule has 0 N–H and O–H groups in total. The zero-order chi connectivity index (χ0) is 18.4. The molecule has 4 aromatic rings. The quantitative estimate of drug-likeness (QED) is 0.546. The zero-order valence-corrected chi connectivity index (χ0v) is 15.3. The highest BCUT2D eigenvalue weighted by atomic mass is 16.5. The molecule has 0 amide bonds. The first-order valence-electron chi connectivity index (χ1n) is 9.36. The third kappa shape index (κ3) is 2.44. The molecule has 0 bridgehead atoms. The minimum Gasteiger partial charge on any atom is -0.491 e. The van der Waals surface area contributed by atoms with E-state index in [1.54, 1.807) is 17.7 Å². The molecule has 138 valence electrons. The standard InChI is InChI=1S/C21H21N3O3/c1-26-19-17-18-15(8-9-22-17)14-6-2-3-7-16(14)24(18)21(25)20(19)27-13-12-23-10-4-5-11-23/h2-3,6-9H,4-5,10-13H2,1H3. The minimum absolute atomic E-state index is 0.194. The summed E-state index contributed by atoms with van der Waals surface area (Å²) in [6.07, 6.45) is 4.22. The number of rotatable bonds is 5. The fourth-order valence-corrected chi connectivity index (χ4v) is 4.20. The summed E-state index contributed by atoms with van der Waals surface area (Å²) in [6, 6.07) is 9.84. The molecule has 1 aliphatic rings. The summed E-state index contributed by atoms with van der Waals surface area (Å²) in [4.78, 5) is 20.2. The average Bonchev–Trinajstić information content (AvgIpc) is 3.33. The van der Waals surface area contributed by atoms with Crippen molar-refractivity contribution in [1.29, 1.82) is 0 Å². The lowest BCUT2D eigenvalue weighted by Crippen LogP contribution is -2.27. The fourth-order valence-electron chi connectivity index (χ4n) is 4.20. The van der Waals surface area contributed by atoms with Gasteiger partial charge in [0, 0.05) is 23.5 Å². The van der Waals surface area contributed by atoms with Crippen molar-refractivity contribution < 1.29 is 9.47 Å². The number of methoxy groups -OCH3 is 1. The van der Waals surface area contributed by atoms with Gasteiger partial charge >= 0.3 is 5.56 Å². The molecule has 3 aromatic heterocycles. The lowest BCUT2D eigenvalue weighted by atomic mass is 10.2. The Labute approximate surface area is 156 Å². The maximum absolute atomic E-state index is 13.3.